The summed E-state index contributed by atoms with van der Waals surface area (Å²) in [4.78, 5) is 0. The van der Waals surface area contributed by atoms with Gasteiger partial charge in [-0.3, -0.25) is 0 Å². The molecule has 0 saturated carbocycles. The number of rotatable bonds is 4. The SMILES string of the molecule is Cc1ccc(CNS(=O)(=O)c2cccs2)nn1. The number of thiophene rings is 1. The van der Waals surface area contributed by atoms with E-state index in [9.17, 15) is 8.42 Å². The van der Waals surface area contributed by atoms with Crippen molar-refractivity contribution in [3.05, 3.63) is 41.0 Å². The zero-order valence-electron chi connectivity index (χ0n) is 9.12. The second kappa shape index (κ2) is 4.91. The molecule has 0 saturated heterocycles. The van der Waals surface area contributed by atoms with E-state index in [4.69, 9.17) is 0 Å². The van der Waals surface area contributed by atoms with E-state index >= 15 is 0 Å². The lowest BCUT2D eigenvalue weighted by Crippen LogP contribution is -2.23. The van der Waals surface area contributed by atoms with Gasteiger partial charge in [-0.05, 0) is 30.5 Å². The monoisotopic (exact) mass is 269 g/mol. The van der Waals surface area contributed by atoms with Crippen LogP contribution in [0.15, 0.2) is 33.9 Å². The number of hydrogen-bond donors (Lipinski definition) is 1. The molecule has 0 amide bonds. The Labute approximate surface area is 104 Å². The van der Waals surface area contributed by atoms with E-state index in [2.05, 4.69) is 14.9 Å². The Morgan fingerprint density at radius 2 is 2.12 bits per heavy atom. The highest BCUT2D eigenvalue weighted by molar-refractivity contribution is 7.91. The smallest absolute Gasteiger partial charge is 0.206 e. The van der Waals surface area contributed by atoms with Gasteiger partial charge in [0, 0.05) is 0 Å². The van der Waals surface area contributed by atoms with Gasteiger partial charge >= 0.3 is 0 Å². The molecule has 90 valence electrons. The second-order valence-corrected chi connectivity index (χ2v) is 6.36. The first-order chi connectivity index (χ1) is 8.08. The van der Waals surface area contributed by atoms with E-state index in [1.54, 1.807) is 29.6 Å². The van der Waals surface area contributed by atoms with Gasteiger partial charge in [0.05, 0.1) is 17.9 Å². The summed E-state index contributed by atoms with van der Waals surface area (Å²) in [6.45, 7) is 1.97. The molecule has 1 N–H and O–H groups in total. The van der Waals surface area contributed by atoms with E-state index < -0.39 is 10.0 Å². The Kier molecular flexibility index (Phi) is 3.51. The first kappa shape index (κ1) is 12.2. The van der Waals surface area contributed by atoms with Crippen LogP contribution in [-0.2, 0) is 16.6 Å². The Balaban J connectivity index is 2.06. The normalized spacial score (nSPS) is 11.6. The van der Waals surface area contributed by atoms with Crippen molar-refractivity contribution < 1.29 is 8.42 Å². The summed E-state index contributed by atoms with van der Waals surface area (Å²) in [6.07, 6.45) is 0. The number of aryl methyl sites for hydroxylation is 1. The lowest BCUT2D eigenvalue weighted by molar-refractivity contribution is 0.582. The van der Waals surface area contributed by atoms with Crippen LogP contribution in [0.1, 0.15) is 11.4 Å². The third-order valence-electron chi connectivity index (χ3n) is 2.06. The second-order valence-electron chi connectivity index (χ2n) is 3.42. The zero-order valence-corrected chi connectivity index (χ0v) is 10.8. The molecule has 0 aliphatic heterocycles. The van der Waals surface area contributed by atoms with Gasteiger partial charge in [0.15, 0.2) is 0 Å². The molecule has 0 aromatic carbocycles. The molecule has 2 aromatic heterocycles. The molecule has 2 heterocycles. The van der Waals surface area contributed by atoms with Crippen LogP contribution in [0.25, 0.3) is 0 Å². The van der Waals surface area contributed by atoms with E-state index in [0.29, 0.717) is 9.90 Å². The minimum atomic E-state index is -3.42. The van der Waals surface area contributed by atoms with Gasteiger partial charge in [-0.15, -0.1) is 11.3 Å². The summed E-state index contributed by atoms with van der Waals surface area (Å²) in [6, 6.07) is 6.81. The number of nitrogens with one attached hydrogen (secondary N) is 1. The molecular weight excluding hydrogens is 258 g/mol. The Morgan fingerprint density at radius 3 is 2.71 bits per heavy atom. The first-order valence-electron chi connectivity index (χ1n) is 4.90. The number of hydrogen-bond acceptors (Lipinski definition) is 5. The van der Waals surface area contributed by atoms with Crippen molar-refractivity contribution in [3.8, 4) is 0 Å². The minimum absolute atomic E-state index is 0.146. The summed E-state index contributed by atoms with van der Waals surface area (Å²) in [7, 11) is -3.42. The lowest BCUT2D eigenvalue weighted by Gasteiger charge is -2.03. The fourth-order valence-corrected chi connectivity index (χ4v) is 3.21. The zero-order chi connectivity index (χ0) is 12.3. The van der Waals surface area contributed by atoms with Crippen LogP contribution in [0.5, 0.6) is 0 Å². The van der Waals surface area contributed by atoms with Crippen molar-refractivity contribution in [2.75, 3.05) is 0 Å². The predicted molar refractivity (Wildman–Crippen MR) is 65.1 cm³/mol. The summed E-state index contributed by atoms with van der Waals surface area (Å²) >= 11 is 1.18. The van der Waals surface area contributed by atoms with Crippen LogP contribution in [0.4, 0.5) is 0 Å². The standard InChI is InChI=1S/C10H11N3O2S2/c1-8-4-5-9(13-12-8)7-11-17(14,15)10-3-2-6-16-10/h2-6,11H,7H2,1H3. The summed E-state index contributed by atoms with van der Waals surface area (Å²) in [5.74, 6) is 0. The first-order valence-corrected chi connectivity index (χ1v) is 7.26. The van der Waals surface area contributed by atoms with Crippen LogP contribution >= 0.6 is 11.3 Å². The van der Waals surface area contributed by atoms with Crippen LogP contribution < -0.4 is 4.72 Å². The fourth-order valence-electron chi connectivity index (χ4n) is 1.18. The molecule has 0 aliphatic carbocycles. The third-order valence-corrected chi connectivity index (χ3v) is 4.86. The van der Waals surface area contributed by atoms with Crippen molar-refractivity contribution in [2.24, 2.45) is 0 Å². The van der Waals surface area contributed by atoms with E-state index in [-0.39, 0.29) is 6.54 Å². The van der Waals surface area contributed by atoms with Gasteiger partial charge in [-0.25, -0.2) is 13.1 Å². The third kappa shape index (κ3) is 3.09. The van der Waals surface area contributed by atoms with Gasteiger partial charge in [-0.1, -0.05) is 6.07 Å². The van der Waals surface area contributed by atoms with E-state index in [1.807, 2.05) is 6.92 Å². The van der Waals surface area contributed by atoms with Gasteiger partial charge < -0.3 is 0 Å². The molecule has 0 radical (unpaired) electrons. The molecule has 0 unspecified atom stereocenters. The Morgan fingerprint density at radius 1 is 1.29 bits per heavy atom. The largest absolute Gasteiger partial charge is 0.250 e. The summed E-state index contributed by atoms with van der Waals surface area (Å²) < 4.78 is 26.3. The molecule has 0 atom stereocenters. The molecule has 0 spiro atoms. The number of aromatic nitrogens is 2. The molecule has 5 nitrogen and oxygen atoms in total. The molecule has 2 aromatic rings. The van der Waals surface area contributed by atoms with Crippen molar-refractivity contribution in [3.63, 3.8) is 0 Å². The highest BCUT2D eigenvalue weighted by Crippen LogP contribution is 2.15. The van der Waals surface area contributed by atoms with Gasteiger partial charge in [0.2, 0.25) is 10.0 Å². The predicted octanol–water partition coefficient (Wildman–Crippen LogP) is 1.33. The van der Waals surface area contributed by atoms with Gasteiger partial charge in [0.1, 0.15) is 4.21 Å². The maximum absolute atomic E-state index is 11.8. The Bertz CT molecular complexity index is 577. The number of nitrogens with zero attached hydrogens (tertiary/aromatic N) is 2. The Hall–Kier alpha value is -1.31. The van der Waals surface area contributed by atoms with Crippen LogP contribution in [-0.4, -0.2) is 18.6 Å². The topological polar surface area (TPSA) is 72.0 Å². The minimum Gasteiger partial charge on any atom is -0.206 e. The van der Waals surface area contributed by atoms with Crippen molar-refractivity contribution in [2.45, 2.75) is 17.7 Å². The van der Waals surface area contributed by atoms with Crippen molar-refractivity contribution in [1.29, 1.82) is 0 Å². The molecule has 17 heavy (non-hydrogen) atoms. The highest BCUT2D eigenvalue weighted by atomic mass is 32.2. The fraction of sp³-hybridized carbons (Fsp3) is 0.200. The van der Waals surface area contributed by atoms with Crippen molar-refractivity contribution >= 4 is 21.4 Å². The summed E-state index contributed by atoms with van der Waals surface area (Å²) in [5, 5.41) is 9.47. The quantitative estimate of drug-likeness (QED) is 0.908. The van der Waals surface area contributed by atoms with E-state index in [1.165, 1.54) is 11.3 Å². The summed E-state index contributed by atoms with van der Waals surface area (Å²) in [5.41, 5.74) is 1.39. The molecule has 2 rings (SSSR count). The molecule has 0 bridgehead atoms. The maximum Gasteiger partial charge on any atom is 0.250 e. The van der Waals surface area contributed by atoms with Crippen LogP contribution in [0, 0.1) is 6.92 Å². The van der Waals surface area contributed by atoms with Gasteiger partial charge in [-0.2, -0.15) is 10.2 Å². The van der Waals surface area contributed by atoms with Crippen molar-refractivity contribution in [1.82, 2.24) is 14.9 Å². The van der Waals surface area contributed by atoms with E-state index in [0.717, 1.165) is 5.69 Å². The average Bonchev–Trinajstić information content (AvgIpc) is 2.82. The number of sulfonamides is 1. The molecule has 0 aliphatic rings. The van der Waals surface area contributed by atoms with Gasteiger partial charge in [0.25, 0.3) is 0 Å². The molecule has 0 fully saturated rings. The van der Waals surface area contributed by atoms with Crippen LogP contribution in [0.3, 0.4) is 0 Å². The highest BCUT2D eigenvalue weighted by Gasteiger charge is 2.14. The lowest BCUT2D eigenvalue weighted by atomic mass is 10.3. The average molecular weight is 269 g/mol. The van der Waals surface area contributed by atoms with Crippen LogP contribution in [0.2, 0.25) is 0 Å². The molecule has 7 heteroatoms. The molecular formula is C10H11N3O2S2. The maximum atomic E-state index is 11.8.